The van der Waals surface area contributed by atoms with Gasteiger partial charge in [-0.3, -0.25) is 10.6 Å². The van der Waals surface area contributed by atoms with Crippen LogP contribution in [0.1, 0.15) is 34.9 Å². The van der Waals surface area contributed by atoms with E-state index in [1.807, 2.05) is 0 Å². The molecule has 0 spiro atoms. The molecule has 2 N–H and O–H groups in total. The van der Waals surface area contributed by atoms with Crippen molar-refractivity contribution < 1.29 is 0 Å². The number of nitrogens with one attached hydrogen (secondary N) is 2. The van der Waals surface area contributed by atoms with Crippen LogP contribution in [0.25, 0.3) is 0 Å². The van der Waals surface area contributed by atoms with Crippen LogP contribution in [0.3, 0.4) is 0 Å². The number of hydrogen-bond acceptors (Lipinski definition) is 2. The summed E-state index contributed by atoms with van der Waals surface area (Å²) in [5.74, 6) is 0. The molecule has 0 aliphatic carbocycles. The van der Waals surface area contributed by atoms with E-state index in [1.165, 1.54) is 16.7 Å². The maximum atomic E-state index is 3.76. The molecule has 3 aromatic rings. The Kier molecular flexibility index (Phi) is 3.93. The van der Waals surface area contributed by atoms with E-state index < -0.39 is 0 Å². The molecule has 0 aromatic heterocycles. The number of hydrogen-bond donors (Lipinski definition) is 2. The van der Waals surface area contributed by atoms with Gasteiger partial charge in [0, 0.05) is 0 Å². The van der Waals surface area contributed by atoms with Crippen molar-refractivity contribution in [1.29, 1.82) is 0 Å². The first-order valence-corrected chi connectivity index (χ1v) is 8.09. The van der Waals surface area contributed by atoms with Crippen LogP contribution in [0.5, 0.6) is 0 Å². The zero-order chi connectivity index (χ0) is 15.5. The standard InChI is InChI=1S/C21H20N2/c1-4-10-16(11-5-1)19-20(17-12-6-2-7-13-17)23-21(22-19)18-14-8-3-9-15-18/h1-15,19-23H/t19-,20-/m1/s1. The summed E-state index contributed by atoms with van der Waals surface area (Å²) in [7, 11) is 0. The Labute approximate surface area is 137 Å². The fourth-order valence-corrected chi connectivity index (χ4v) is 3.34. The molecule has 1 saturated heterocycles. The molecule has 0 bridgehead atoms. The molecular formula is C21H20N2. The van der Waals surface area contributed by atoms with E-state index in [0.29, 0.717) is 0 Å². The van der Waals surface area contributed by atoms with Gasteiger partial charge in [-0.1, -0.05) is 91.0 Å². The fraction of sp³-hybridized carbons (Fsp3) is 0.143. The van der Waals surface area contributed by atoms with Crippen LogP contribution in [0.2, 0.25) is 0 Å². The van der Waals surface area contributed by atoms with Gasteiger partial charge in [-0.05, 0) is 16.7 Å². The fourth-order valence-electron chi connectivity index (χ4n) is 3.34. The topological polar surface area (TPSA) is 24.1 Å². The highest BCUT2D eigenvalue weighted by Gasteiger charge is 2.35. The number of rotatable bonds is 3. The lowest BCUT2D eigenvalue weighted by molar-refractivity contribution is 0.554. The summed E-state index contributed by atoms with van der Waals surface area (Å²) in [6, 6.07) is 32.4. The van der Waals surface area contributed by atoms with Crippen molar-refractivity contribution in [2.75, 3.05) is 0 Å². The Morgan fingerprint density at radius 1 is 0.435 bits per heavy atom. The van der Waals surface area contributed by atoms with E-state index in [-0.39, 0.29) is 18.2 Å². The second-order valence-corrected chi connectivity index (χ2v) is 5.95. The molecule has 1 aliphatic heterocycles. The maximum Gasteiger partial charge on any atom is 0.0846 e. The zero-order valence-corrected chi connectivity index (χ0v) is 12.9. The Balaban J connectivity index is 1.70. The van der Waals surface area contributed by atoms with Crippen LogP contribution < -0.4 is 10.6 Å². The van der Waals surface area contributed by atoms with Gasteiger partial charge < -0.3 is 0 Å². The summed E-state index contributed by atoms with van der Waals surface area (Å²) in [5.41, 5.74) is 3.89. The minimum Gasteiger partial charge on any atom is -0.289 e. The maximum absolute atomic E-state index is 3.76. The highest BCUT2D eigenvalue weighted by Crippen LogP contribution is 2.37. The van der Waals surface area contributed by atoms with Crippen LogP contribution >= 0.6 is 0 Å². The summed E-state index contributed by atoms with van der Waals surface area (Å²) in [5, 5.41) is 7.52. The summed E-state index contributed by atoms with van der Waals surface area (Å²) in [4.78, 5) is 0. The van der Waals surface area contributed by atoms with Crippen LogP contribution in [-0.4, -0.2) is 0 Å². The first kappa shape index (κ1) is 14.2. The predicted molar refractivity (Wildman–Crippen MR) is 93.8 cm³/mol. The van der Waals surface area contributed by atoms with Gasteiger partial charge in [-0.15, -0.1) is 0 Å². The van der Waals surface area contributed by atoms with Crippen molar-refractivity contribution >= 4 is 0 Å². The lowest BCUT2D eigenvalue weighted by Crippen LogP contribution is -2.22. The third-order valence-electron chi connectivity index (χ3n) is 4.48. The minimum absolute atomic E-state index is 0.159. The van der Waals surface area contributed by atoms with Crippen LogP contribution in [-0.2, 0) is 0 Å². The monoisotopic (exact) mass is 300 g/mol. The molecule has 0 radical (unpaired) electrons. The molecule has 1 heterocycles. The largest absolute Gasteiger partial charge is 0.289 e. The second-order valence-electron chi connectivity index (χ2n) is 5.95. The Hall–Kier alpha value is -2.42. The van der Waals surface area contributed by atoms with Gasteiger partial charge in [-0.2, -0.15) is 0 Å². The van der Waals surface area contributed by atoms with Gasteiger partial charge >= 0.3 is 0 Å². The van der Waals surface area contributed by atoms with E-state index >= 15 is 0 Å². The highest BCUT2D eigenvalue weighted by molar-refractivity contribution is 5.32. The van der Waals surface area contributed by atoms with Crippen LogP contribution in [0.15, 0.2) is 91.0 Å². The Morgan fingerprint density at radius 3 is 1.17 bits per heavy atom. The molecule has 2 nitrogen and oxygen atoms in total. The van der Waals surface area contributed by atoms with Crippen molar-refractivity contribution in [2.24, 2.45) is 0 Å². The second kappa shape index (κ2) is 6.37. The van der Waals surface area contributed by atoms with E-state index in [2.05, 4.69) is 102 Å². The smallest absolute Gasteiger partial charge is 0.0846 e. The molecule has 3 aromatic carbocycles. The quantitative estimate of drug-likeness (QED) is 0.751. The van der Waals surface area contributed by atoms with Crippen molar-refractivity contribution in [2.45, 2.75) is 18.2 Å². The average Bonchev–Trinajstić information content (AvgIpc) is 3.09. The lowest BCUT2D eigenvalue weighted by atomic mass is 9.95. The van der Waals surface area contributed by atoms with Gasteiger partial charge in [0.1, 0.15) is 0 Å². The molecule has 0 amide bonds. The third kappa shape index (κ3) is 2.91. The zero-order valence-electron chi connectivity index (χ0n) is 12.9. The third-order valence-corrected chi connectivity index (χ3v) is 4.48. The molecule has 23 heavy (non-hydrogen) atoms. The first-order valence-electron chi connectivity index (χ1n) is 8.09. The first-order chi connectivity index (χ1) is 11.4. The molecular weight excluding hydrogens is 280 g/mol. The van der Waals surface area contributed by atoms with E-state index in [0.717, 1.165) is 0 Å². The summed E-state index contributed by atoms with van der Waals surface area (Å²) >= 11 is 0. The number of benzene rings is 3. The van der Waals surface area contributed by atoms with E-state index in [9.17, 15) is 0 Å². The molecule has 1 fully saturated rings. The summed E-state index contributed by atoms with van der Waals surface area (Å²) < 4.78 is 0. The van der Waals surface area contributed by atoms with Gasteiger partial charge in [0.25, 0.3) is 0 Å². The molecule has 0 saturated carbocycles. The van der Waals surface area contributed by atoms with Crippen molar-refractivity contribution in [3.8, 4) is 0 Å². The van der Waals surface area contributed by atoms with Crippen LogP contribution in [0.4, 0.5) is 0 Å². The average molecular weight is 300 g/mol. The molecule has 114 valence electrons. The van der Waals surface area contributed by atoms with Gasteiger partial charge in [0.15, 0.2) is 0 Å². The Bertz CT molecular complexity index is 693. The normalized spacial score (nSPS) is 21.4. The van der Waals surface area contributed by atoms with Crippen molar-refractivity contribution in [1.82, 2.24) is 10.6 Å². The lowest BCUT2D eigenvalue weighted by Gasteiger charge is -2.19. The van der Waals surface area contributed by atoms with Gasteiger partial charge in [0.2, 0.25) is 0 Å². The molecule has 2 atom stereocenters. The van der Waals surface area contributed by atoms with E-state index in [4.69, 9.17) is 0 Å². The highest BCUT2D eigenvalue weighted by atomic mass is 15.2. The van der Waals surface area contributed by atoms with Crippen LogP contribution in [0, 0.1) is 0 Å². The molecule has 0 unspecified atom stereocenters. The molecule has 2 heteroatoms. The van der Waals surface area contributed by atoms with Crippen molar-refractivity contribution in [3.63, 3.8) is 0 Å². The van der Waals surface area contributed by atoms with Gasteiger partial charge in [-0.25, -0.2) is 0 Å². The van der Waals surface area contributed by atoms with Crippen molar-refractivity contribution in [3.05, 3.63) is 108 Å². The predicted octanol–water partition coefficient (Wildman–Crippen LogP) is 4.36. The SMILES string of the molecule is c1ccc(C2N[C@H](c3ccccc3)[C@@H](c3ccccc3)N2)cc1. The Morgan fingerprint density at radius 2 is 0.783 bits per heavy atom. The van der Waals surface area contributed by atoms with Gasteiger partial charge in [0.05, 0.1) is 18.2 Å². The molecule has 4 rings (SSSR count). The van der Waals surface area contributed by atoms with E-state index in [1.54, 1.807) is 0 Å². The molecule has 1 aliphatic rings. The minimum atomic E-state index is 0.159. The summed E-state index contributed by atoms with van der Waals surface area (Å²) in [6.45, 7) is 0. The summed E-state index contributed by atoms with van der Waals surface area (Å²) in [6.07, 6.45) is 0.159.